The first-order chi connectivity index (χ1) is 21.0. The SMILES string of the molecule is CCOC(=O)n1cnc2nc(C3CN(OC(=O)C(C)(C)C)CCN3c3nc4ncn(C(C=O)OCC)c4c(=O)[nH]3)[nH]c(=O)c21. The summed E-state index contributed by atoms with van der Waals surface area (Å²) in [4.78, 5) is 93.3. The summed E-state index contributed by atoms with van der Waals surface area (Å²) in [5.74, 6) is -0.260. The van der Waals surface area contributed by atoms with Crippen molar-refractivity contribution in [3.05, 3.63) is 39.2 Å². The molecule has 1 aliphatic heterocycles. The average molecular weight is 613 g/mol. The minimum Gasteiger partial charge on any atom is -0.449 e. The van der Waals surface area contributed by atoms with E-state index in [1.165, 1.54) is 16.0 Å². The molecule has 0 radical (unpaired) electrons. The Bertz CT molecular complexity index is 1830. The lowest BCUT2D eigenvalue weighted by atomic mass is 9.98. The normalized spacial score (nSPS) is 16.8. The zero-order valence-electron chi connectivity index (χ0n) is 24.8. The number of carbonyl (C=O) groups is 3. The van der Waals surface area contributed by atoms with Crippen molar-refractivity contribution in [3.63, 3.8) is 0 Å². The molecule has 0 aromatic carbocycles. The van der Waals surface area contributed by atoms with Gasteiger partial charge in [-0.1, -0.05) is 0 Å². The van der Waals surface area contributed by atoms with Gasteiger partial charge in [-0.3, -0.25) is 23.9 Å². The van der Waals surface area contributed by atoms with E-state index in [9.17, 15) is 24.0 Å². The lowest BCUT2D eigenvalue weighted by molar-refractivity contribution is -0.204. The molecule has 1 saturated heterocycles. The molecule has 5 rings (SSSR count). The van der Waals surface area contributed by atoms with Crippen LogP contribution in [0.1, 0.15) is 52.7 Å². The van der Waals surface area contributed by atoms with Gasteiger partial charge in [0.2, 0.25) is 5.95 Å². The fraction of sp³-hybridized carbons (Fsp3) is 0.500. The van der Waals surface area contributed by atoms with E-state index in [2.05, 4.69) is 29.9 Å². The predicted molar refractivity (Wildman–Crippen MR) is 153 cm³/mol. The fourth-order valence-electron chi connectivity index (χ4n) is 4.65. The van der Waals surface area contributed by atoms with Crippen LogP contribution in [0.15, 0.2) is 22.2 Å². The number of aromatic nitrogens is 8. The van der Waals surface area contributed by atoms with E-state index >= 15 is 0 Å². The van der Waals surface area contributed by atoms with E-state index in [0.717, 1.165) is 10.9 Å². The van der Waals surface area contributed by atoms with Gasteiger partial charge in [-0.15, -0.1) is 5.06 Å². The second-order valence-electron chi connectivity index (χ2n) is 10.9. The van der Waals surface area contributed by atoms with Crippen molar-refractivity contribution >= 4 is 46.6 Å². The lowest BCUT2D eigenvalue weighted by Crippen LogP contribution is -2.51. The topological polar surface area (TPSA) is 213 Å². The van der Waals surface area contributed by atoms with Crippen molar-refractivity contribution in [1.82, 2.24) is 44.1 Å². The number of anilines is 1. The van der Waals surface area contributed by atoms with Gasteiger partial charge in [0.1, 0.15) is 24.5 Å². The summed E-state index contributed by atoms with van der Waals surface area (Å²) in [7, 11) is 0. The Morgan fingerprint density at radius 1 is 1.02 bits per heavy atom. The number of nitrogens with zero attached hydrogens (tertiary/aromatic N) is 8. The van der Waals surface area contributed by atoms with Gasteiger partial charge in [-0.2, -0.15) is 4.98 Å². The number of hydrogen-bond acceptors (Lipinski definition) is 14. The molecule has 5 heterocycles. The number of aromatic amines is 2. The van der Waals surface area contributed by atoms with Crippen LogP contribution in [0.2, 0.25) is 0 Å². The van der Waals surface area contributed by atoms with Crippen LogP contribution < -0.4 is 16.0 Å². The summed E-state index contributed by atoms with van der Waals surface area (Å²) in [5.41, 5.74) is -2.07. The minimum absolute atomic E-state index is 0.0165. The smallest absolute Gasteiger partial charge is 0.419 e. The number of aldehydes is 1. The third-order valence-electron chi connectivity index (χ3n) is 6.81. The van der Waals surface area contributed by atoms with Crippen molar-refractivity contribution in [2.75, 3.05) is 37.7 Å². The number of hydroxylamine groups is 2. The predicted octanol–water partition coefficient (Wildman–Crippen LogP) is 0.659. The zero-order chi connectivity index (χ0) is 31.8. The standard InChI is InChI=1S/C26H32N10O8/c1-6-42-15(11-37)35-12-27-20-16(35)22(39)32-24(31-20)34-9-8-33(44-23(40)26(3,4)5)10-14(34)18-29-19-17(21(38)30-18)36(13-28-19)25(41)43-7-2/h11-15H,6-10H2,1-5H3,(H,29,30,38)(H,31,32,39). The van der Waals surface area contributed by atoms with Crippen LogP contribution in [-0.2, 0) is 23.9 Å². The number of nitrogens with one attached hydrogen (secondary N) is 2. The Labute approximate surface area is 248 Å². The molecular weight excluding hydrogens is 580 g/mol. The van der Waals surface area contributed by atoms with Crippen LogP contribution in [-0.4, -0.2) is 95.3 Å². The number of hydrogen-bond donors (Lipinski definition) is 2. The van der Waals surface area contributed by atoms with E-state index in [-0.39, 0.29) is 66.9 Å². The Kier molecular flexibility index (Phi) is 8.29. The van der Waals surface area contributed by atoms with Crippen LogP contribution in [0.5, 0.6) is 0 Å². The third kappa shape index (κ3) is 5.68. The second-order valence-corrected chi connectivity index (χ2v) is 10.9. The molecule has 0 aliphatic carbocycles. The van der Waals surface area contributed by atoms with Crippen LogP contribution in [0.4, 0.5) is 10.7 Å². The highest BCUT2D eigenvalue weighted by Gasteiger charge is 2.36. The number of H-pyrrole nitrogens is 2. The van der Waals surface area contributed by atoms with Crippen LogP contribution in [0, 0.1) is 5.41 Å². The number of fused-ring (bicyclic) bond motifs is 2. The van der Waals surface area contributed by atoms with Gasteiger partial charge in [0.25, 0.3) is 11.1 Å². The Hall–Kier alpha value is -4.97. The molecule has 4 aromatic heterocycles. The summed E-state index contributed by atoms with van der Waals surface area (Å²) in [6.45, 7) is 9.24. The van der Waals surface area contributed by atoms with Gasteiger partial charge in [0, 0.05) is 13.2 Å². The first kappa shape index (κ1) is 30.5. The quantitative estimate of drug-likeness (QED) is 0.262. The van der Waals surface area contributed by atoms with E-state index in [1.54, 1.807) is 39.5 Å². The van der Waals surface area contributed by atoms with Gasteiger partial charge < -0.3 is 24.2 Å². The molecule has 1 aliphatic rings. The van der Waals surface area contributed by atoms with E-state index in [0.29, 0.717) is 6.29 Å². The summed E-state index contributed by atoms with van der Waals surface area (Å²) >= 11 is 0. The molecule has 1 fully saturated rings. The van der Waals surface area contributed by atoms with Crippen LogP contribution >= 0.6 is 0 Å². The van der Waals surface area contributed by atoms with Gasteiger partial charge in [-0.25, -0.2) is 29.1 Å². The Morgan fingerprint density at radius 2 is 1.73 bits per heavy atom. The average Bonchev–Trinajstić information content (AvgIpc) is 3.61. The fourth-order valence-corrected chi connectivity index (χ4v) is 4.65. The molecule has 0 bridgehead atoms. The lowest BCUT2D eigenvalue weighted by Gasteiger charge is -2.40. The van der Waals surface area contributed by atoms with E-state index < -0.39 is 40.9 Å². The number of rotatable bonds is 8. The summed E-state index contributed by atoms with van der Waals surface area (Å²) in [6, 6.07) is -0.824. The van der Waals surface area contributed by atoms with E-state index in [4.69, 9.17) is 14.3 Å². The molecule has 18 heteroatoms. The number of imidazole rings is 2. The number of carbonyl (C=O) groups excluding carboxylic acids is 3. The van der Waals surface area contributed by atoms with Crippen LogP contribution in [0.25, 0.3) is 22.3 Å². The molecule has 2 N–H and O–H groups in total. The second kappa shape index (κ2) is 12.0. The molecule has 0 spiro atoms. The van der Waals surface area contributed by atoms with Gasteiger partial charge in [0.05, 0.1) is 25.1 Å². The van der Waals surface area contributed by atoms with Crippen molar-refractivity contribution in [3.8, 4) is 0 Å². The number of ether oxygens (including phenoxy) is 2. The van der Waals surface area contributed by atoms with Gasteiger partial charge in [-0.05, 0) is 34.6 Å². The molecular formula is C26H32N10O8. The number of piperazine rings is 1. The summed E-state index contributed by atoms with van der Waals surface area (Å²) in [6.07, 6.45) is 1.13. The maximum absolute atomic E-state index is 13.3. The maximum atomic E-state index is 13.3. The zero-order valence-corrected chi connectivity index (χ0v) is 24.8. The monoisotopic (exact) mass is 612 g/mol. The molecule has 2 atom stereocenters. The molecule has 44 heavy (non-hydrogen) atoms. The Balaban J connectivity index is 1.57. The largest absolute Gasteiger partial charge is 0.449 e. The molecule has 2 unspecified atom stereocenters. The molecule has 0 saturated carbocycles. The maximum Gasteiger partial charge on any atom is 0.419 e. The molecule has 18 nitrogen and oxygen atoms in total. The summed E-state index contributed by atoms with van der Waals surface area (Å²) < 4.78 is 12.6. The van der Waals surface area contributed by atoms with Crippen molar-refractivity contribution in [2.45, 2.75) is 46.9 Å². The van der Waals surface area contributed by atoms with Crippen molar-refractivity contribution in [2.24, 2.45) is 5.41 Å². The first-order valence-electron chi connectivity index (χ1n) is 13.9. The first-order valence-corrected chi connectivity index (χ1v) is 13.9. The highest BCUT2D eigenvalue weighted by atomic mass is 16.7. The third-order valence-corrected chi connectivity index (χ3v) is 6.81. The molecule has 234 valence electrons. The van der Waals surface area contributed by atoms with E-state index in [1.807, 2.05) is 0 Å². The minimum atomic E-state index is -1.07. The van der Waals surface area contributed by atoms with Crippen molar-refractivity contribution < 1.29 is 28.7 Å². The highest BCUT2D eigenvalue weighted by molar-refractivity contribution is 5.84. The van der Waals surface area contributed by atoms with Crippen LogP contribution in [0.3, 0.4) is 0 Å². The highest BCUT2D eigenvalue weighted by Crippen LogP contribution is 2.29. The summed E-state index contributed by atoms with van der Waals surface area (Å²) in [5, 5.41) is 1.44. The van der Waals surface area contributed by atoms with Gasteiger partial charge in [0.15, 0.2) is 34.8 Å². The molecule has 4 aromatic rings. The molecule has 0 amide bonds. The van der Waals surface area contributed by atoms with Crippen molar-refractivity contribution in [1.29, 1.82) is 0 Å². The Morgan fingerprint density at radius 3 is 2.41 bits per heavy atom. The van der Waals surface area contributed by atoms with Gasteiger partial charge >= 0.3 is 12.1 Å².